The monoisotopic (exact) mass is 830 g/mol. The molecule has 12 rings (SSSR count). The Kier molecular flexibility index (Phi) is 9.21. The fourth-order valence-electron chi connectivity index (χ4n) is 10.4. The van der Waals surface area contributed by atoms with Crippen molar-refractivity contribution in [3.8, 4) is 33.4 Å². The largest absolute Gasteiger partial charge is 0.310 e. The number of anilines is 6. The van der Waals surface area contributed by atoms with Crippen molar-refractivity contribution >= 4 is 66.4 Å². The summed E-state index contributed by atoms with van der Waals surface area (Å²) in [5.41, 5.74) is 16.6. The number of fused-ring (bicyclic) bond motifs is 6. The molecule has 0 aromatic heterocycles. The molecule has 0 amide bonds. The van der Waals surface area contributed by atoms with Gasteiger partial charge in [0.15, 0.2) is 0 Å². The van der Waals surface area contributed by atoms with E-state index in [4.69, 9.17) is 0 Å². The smallest absolute Gasteiger partial charge is 0.0546 e. The number of benzene rings is 11. The Hall–Kier alpha value is -8.20. The lowest BCUT2D eigenvalue weighted by Gasteiger charge is -2.37. The molecular weight excluding hydrogens is 785 g/mol. The van der Waals surface area contributed by atoms with Crippen molar-refractivity contribution < 1.29 is 0 Å². The third-order valence-corrected chi connectivity index (χ3v) is 13.6. The van der Waals surface area contributed by atoms with Crippen molar-refractivity contribution in [1.82, 2.24) is 0 Å². The van der Waals surface area contributed by atoms with Crippen molar-refractivity contribution in [3.63, 3.8) is 0 Å². The van der Waals surface area contributed by atoms with Crippen LogP contribution in [0.2, 0.25) is 0 Å². The molecule has 0 aliphatic heterocycles. The summed E-state index contributed by atoms with van der Waals surface area (Å²) >= 11 is 0. The summed E-state index contributed by atoms with van der Waals surface area (Å²) in [4.78, 5) is 4.82. The van der Waals surface area contributed by atoms with E-state index < -0.39 is 0 Å². The van der Waals surface area contributed by atoms with Crippen LogP contribution in [0.25, 0.3) is 65.7 Å². The predicted octanol–water partition coefficient (Wildman–Crippen LogP) is 17.7. The van der Waals surface area contributed by atoms with E-state index in [0.717, 1.165) is 34.1 Å². The maximum atomic E-state index is 2.49. The van der Waals surface area contributed by atoms with Crippen LogP contribution in [0.3, 0.4) is 0 Å². The van der Waals surface area contributed by atoms with Crippen LogP contribution in [0.5, 0.6) is 0 Å². The Balaban J connectivity index is 1.04. The van der Waals surface area contributed by atoms with Gasteiger partial charge in [-0.1, -0.05) is 184 Å². The average molecular weight is 831 g/mol. The highest BCUT2D eigenvalue weighted by Crippen LogP contribution is 2.53. The van der Waals surface area contributed by atoms with Gasteiger partial charge < -0.3 is 9.80 Å². The first kappa shape index (κ1) is 38.5. The quantitative estimate of drug-likeness (QED) is 0.141. The topological polar surface area (TPSA) is 6.48 Å². The zero-order chi connectivity index (χ0) is 43.5. The van der Waals surface area contributed by atoms with Gasteiger partial charge in [0.05, 0.1) is 5.69 Å². The molecule has 0 saturated heterocycles. The van der Waals surface area contributed by atoms with E-state index >= 15 is 0 Å². The summed E-state index contributed by atoms with van der Waals surface area (Å²) < 4.78 is 0. The third kappa shape index (κ3) is 6.49. The van der Waals surface area contributed by atoms with Gasteiger partial charge in [0.25, 0.3) is 0 Å². The normalized spacial score (nSPS) is 12.6. The summed E-state index contributed by atoms with van der Waals surface area (Å²) in [6.07, 6.45) is 0. The Morgan fingerprint density at radius 3 is 1.32 bits per heavy atom. The van der Waals surface area contributed by atoms with E-state index in [-0.39, 0.29) is 5.41 Å². The number of hydrogen-bond donors (Lipinski definition) is 0. The van der Waals surface area contributed by atoms with Gasteiger partial charge in [-0.15, -0.1) is 0 Å². The molecule has 0 radical (unpaired) electrons. The fourth-order valence-corrected chi connectivity index (χ4v) is 10.4. The zero-order valence-electron chi connectivity index (χ0n) is 36.5. The summed E-state index contributed by atoms with van der Waals surface area (Å²) in [6.45, 7) is 4.81. The molecule has 11 aromatic rings. The van der Waals surface area contributed by atoms with Crippen molar-refractivity contribution in [3.05, 3.63) is 254 Å². The molecule has 0 atom stereocenters. The van der Waals surface area contributed by atoms with Crippen molar-refractivity contribution in [2.75, 3.05) is 9.80 Å². The van der Waals surface area contributed by atoms with E-state index in [9.17, 15) is 0 Å². The lowest BCUT2D eigenvalue weighted by Crippen LogP contribution is -2.24. The van der Waals surface area contributed by atoms with Crippen molar-refractivity contribution in [2.45, 2.75) is 19.3 Å². The minimum atomic E-state index is -0.276. The molecule has 0 saturated carbocycles. The Morgan fingerprint density at radius 1 is 0.277 bits per heavy atom. The first-order valence-electron chi connectivity index (χ1n) is 22.6. The Bertz CT molecular complexity index is 3530. The van der Waals surface area contributed by atoms with Crippen molar-refractivity contribution in [2.24, 2.45) is 0 Å². The summed E-state index contributed by atoms with van der Waals surface area (Å²) in [7, 11) is 0. The molecule has 2 nitrogen and oxygen atoms in total. The molecule has 0 unspecified atom stereocenters. The van der Waals surface area contributed by atoms with Gasteiger partial charge >= 0.3 is 0 Å². The molecule has 0 N–H and O–H groups in total. The van der Waals surface area contributed by atoms with E-state index in [1.165, 1.54) is 76.8 Å². The maximum Gasteiger partial charge on any atom is 0.0546 e. The molecular formula is C63H46N2. The van der Waals surface area contributed by atoms with Crippen LogP contribution in [0, 0.1) is 0 Å². The van der Waals surface area contributed by atoms with Gasteiger partial charge in [0, 0.05) is 39.2 Å². The SMILES string of the molecule is CC1(C)c2cc(N(c3ccccc3)c3ccc(-c4ccccc4)cc3)ccc2-c2cc3c4ccccc4c(N(c4ccccc4)c4ccc(-c5ccccc5)cc4)cc3c3cccc1c23. The van der Waals surface area contributed by atoms with Crippen LogP contribution in [0.15, 0.2) is 243 Å². The van der Waals surface area contributed by atoms with Gasteiger partial charge in [-0.25, -0.2) is 0 Å². The molecule has 11 aromatic carbocycles. The lowest BCUT2D eigenvalue weighted by molar-refractivity contribution is 0.645. The van der Waals surface area contributed by atoms with Crippen molar-refractivity contribution in [1.29, 1.82) is 0 Å². The predicted molar refractivity (Wildman–Crippen MR) is 277 cm³/mol. The van der Waals surface area contributed by atoms with Gasteiger partial charge in [-0.3, -0.25) is 0 Å². The molecule has 0 spiro atoms. The summed E-state index contributed by atoms with van der Waals surface area (Å²) in [6, 6.07) is 88.8. The standard InChI is InChI=1S/C63H46N2/c1-63(2)59-29-17-28-55-57-42-61(65(48-24-13-6-14-25-48)50-36-32-46(33-37-50)44-20-9-4-10-21-44)54-27-16-15-26-52(54)56(57)41-58(62(55)59)53-39-38-51(40-60(53)63)64(47-22-11-5-12-23-47)49-34-30-45(31-35-49)43-18-7-3-8-19-43/h3-42H,1-2H3. The molecule has 1 aliphatic carbocycles. The first-order valence-corrected chi connectivity index (χ1v) is 22.6. The molecule has 308 valence electrons. The first-order chi connectivity index (χ1) is 32.0. The Morgan fingerprint density at radius 2 is 0.723 bits per heavy atom. The number of nitrogens with zero attached hydrogens (tertiary/aromatic N) is 2. The minimum Gasteiger partial charge on any atom is -0.310 e. The maximum absolute atomic E-state index is 2.49. The average Bonchev–Trinajstić information content (AvgIpc) is 3.37. The number of para-hydroxylation sites is 2. The second kappa shape index (κ2) is 15.6. The third-order valence-electron chi connectivity index (χ3n) is 13.6. The number of hydrogen-bond acceptors (Lipinski definition) is 2. The van der Waals surface area contributed by atoms with Crippen LogP contribution in [0.4, 0.5) is 34.1 Å². The molecule has 2 heteroatoms. The van der Waals surface area contributed by atoms with Crippen LogP contribution >= 0.6 is 0 Å². The fraction of sp³-hybridized carbons (Fsp3) is 0.0476. The minimum absolute atomic E-state index is 0.276. The van der Waals surface area contributed by atoms with Crippen LogP contribution < -0.4 is 9.80 Å². The molecule has 0 fully saturated rings. The lowest BCUT2D eigenvalue weighted by atomic mass is 9.68. The summed E-state index contributed by atoms with van der Waals surface area (Å²) in [5, 5.41) is 7.58. The highest BCUT2D eigenvalue weighted by atomic mass is 15.1. The second-order valence-electron chi connectivity index (χ2n) is 17.7. The van der Waals surface area contributed by atoms with Crippen LogP contribution in [-0.4, -0.2) is 0 Å². The van der Waals surface area contributed by atoms with Gasteiger partial charge in [0.1, 0.15) is 0 Å². The second-order valence-corrected chi connectivity index (χ2v) is 17.7. The Labute approximate surface area is 380 Å². The molecule has 0 heterocycles. The van der Waals surface area contributed by atoms with Crippen LogP contribution in [0.1, 0.15) is 25.0 Å². The van der Waals surface area contributed by atoms with Gasteiger partial charge in [-0.05, 0) is 144 Å². The van der Waals surface area contributed by atoms with E-state index in [0.29, 0.717) is 0 Å². The van der Waals surface area contributed by atoms with E-state index in [1.807, 2.05) is 0 Å². The molecule has 1 aliphatic rings. The highest BCUT2D eigenvalue weighted by Gasteiger charge is 2.35. The highest BCUT2D eigenvalue weighted by molar-refractivity contribution is 6.25. The molecule has 0 bridgehead atoms. The summed E-state index contributed by atoms with van der Waals surface area (Å²) in [5.74, 6) is 0. The number of rotatable bonds is 8. The van der Waals surface area contributed by atoms with E-state index in [2.05, 4.69) is 266 Å². The zero-order valence-corrected chi connectivity index (χ0v) is 36.5. The van der Waals surface area contributed by atoms with E-state index in [1.54, 1.807) is 0 Å². The molecule has 65 heavy (non-hydrogen) atoms. The van der Waals surface area contributed by atoms with Gasteiger partial charge in [0.2, 0.25) is 0 Å². The van der Waals surface area contributed by atoms with Crippen LogP contribution in [-0.2, 0) is 5.41 Å². The van der Waals surface area contributed by atoms with Gasteiger partial charge in [-0.2, -0.15) is 0 Å².